The summed E-state index contributed by atoms with van der Waals surface area (Å²) < 4.78 is 5.20. The Bertz CT molecular complexity index is 947. The van der Waals surface area contributed by atoms with Crippen LogP contribution in [0, 0.1) is 0 Å². The van der Waals surface area contributed by atoms with Crippen LogP contribution in [0.4, 0.5) is 0 Å². The molecule has 0 aliphatic heterocycles. The van der Waals surface area contributed by atoms with E-state index in [-0.39, 0.29) is 12.5 Å². The summed E-state index contributed by atoms with van der Waals surface area (Å²) in [7, 11) is 1.61. The van der Waals surface area contributed by atoms with E-state index in [1.54, 1.807) is 13.2 Å². The number of benzene rings is 2. The van der Waals surface area contributed by atoms with Crippen molar-refractivity contribution < 1.29 is 14.6 Å². The van der Waals surface area contributed by atoms with Crippen molar-refractivity contribution in [1.82, 2.24) is 10.3 Å². The van der Waals surface area contributed by atoms with Gasteiger partial charge in [-0.2, -0.15) is 0 Å². The van der Waals surface area contributed by atoms with E-state index in [9.17, 15) is 9.90 Å². The summed E-state index contributed by atoms with van der Waals surface area (Å²) in [6, 6.07) is 15.3. The fourth-order valence-corrected chi connectivity index (χ4v) is 3.53. The molecule has 25 heavy (non-hydrogen) atoms. The van der Waals surface area contributed by atoms with Crippen molar-refractivity contribution in [2.24, 2.45) is 0 Å². The number of carbonyl (C=O) groups excluding carboxylic acids is 1. The molecule has 1 heterocycles. The zero-order valence-corrected chi connectivity index (χ0v) is 14.0. The summed E-state index contributed by atoms with van der Waals surface area (Å²) in [5.74, 6) is 0.506. The number of H-pyrrole nitrogens is 1. The van der Waals surface area contributed by atoms with Crippen molar-refractivity contribution in [3.63, 3.8) is 0 Å². The van der Waals surface area contributed by atoms with Gasteiger partial charge in [0.25, 0.3) is 5.91 Å². The summed E-state index contributed by atoms with van der Waals surface area (Å²) in [5.41, 5.74) is 2.38. The first-order valence-corrected chi connectivity index (χ1v) is 8.35. The Morgan fingerprint density at radius 3 is 2.96 bits per heavy atom. The molecular formula is C20H20N2O3. The van der Waals surface area contributed by atoms with Crippen LogP contribution < -0.4 is 10.1 Å². The van der Waals surface area contributed by atoms with E-state index < -0.39 is 5.60 Å². The smallest absolute Gasteiger partial charge is 0.267 e. The predicted molar refractivity (Wildman–Crippen MR) is 95.8 cm³/mol. The number of fused-ring (bicyclic) bond motifs is 2. The Morgan fingerprint density at radius 2 is 2.12 bits per heavy atom. The maximum atomic E-state index is 12.5. The average Bonchev–Trinajstić information content (AvgIpc) is 3.21. The number of nitrogens with one attached hydrogen (secondary N) is 2. The number of aromatic nitrogens is 1. The molecule has 3 N–H and O–H groups in total. The topological polar surface area (TPSA) is 74.3 Å². The lowest BCUT2D eigenvalue weighted by atomic mass is 9.96. The molecule has 5 nitrogen and oxygen atoms in total. The Kier molecular flexibility index (Phi) is 3.73. The average molecular weight is 336 g/mol. The van der Waals surface area contributed by atoms with Crippen LogP contribution in [-0.2, 0) is 12.0 Å². The summed E-state index contributed by atoms with van der Waals surface area (Å²) in [4.78, 5) is 15.6. The van der Waals surface area contributed by atoms with Gasteiger partial charge in [0.2, 0.25) is 0 Å². The Hall–Kier alpha value is -2.79. The molecule has 1 aromatic heterocycles. The minimum absolute atomic E-state index is 0.196. The third kappa shape index (κ3) is 2.76. The SMILES string of the molecule is COc1ccc2cc(C(=O)NCC3(O)CCc4ccccc43)[nH]c2c1. The van der Waals surface area contributed by atoms with Crippen LogP contribution in [0.2, 0.25) is 0 Å². The molecule has 128 valence electrons. The normalized spacial score (nSPS) is 19.0. The van der Waals surface area contributed by atoms with Gasteiger partial charge in [0, 0.05) is 17.0 Å². The van der Waals surface area contributed by atoms with E-state index in [1.807, 2.05) is 42.5 Å². The van der Waals surface area contributed by atoms with Crippen LogP contribution >= 0.6 is 0 Å². The number of methoxy groups -OCH3 is 1. The minimum atomic E-state index is -0.999. The summed E-state index contributed by atoms with van der Waals surface area (Å²) >= 11 is 0. The Balaban J connectivity index is 1.51. The van der Waals surface area contributed by atoms with Crippen molar-refractivity contribution in [3.8, 4) is 5.75 Å². The molecule has 3 aromatic rings. The van der Waals surface area contributed by atoms with Gasteiger partial charge in [0.1, 0.15) is 17.0 Å². The molecule has 2 aromatic carbocycles. The number of rotatable bonds is 4. The van der Waals surface area contributed by atoms with Crippen molar-refractivity contribution in [2.45, 2.75) is 18.4 Å². The molecule has 0 bridgehead atoms. The van der Waals surface area contributed by atoms with E-state index in [4.69, 9.17) is 4.74 Å². The number of amides is 1. The summed E-state index contributed by atoms with van der Waals surface area (Å²) in [6.45, 7) is 0.196. The maximum Gasteiger partial charge on any atom is 0.267 e. The standard InChI is InChI=1S/C20H20N2O3/c1-25-15-7-6-14-10-18(22-17(14)11-15)19(23)21-12-20(24)9-8-13-4-2-3-5-16(13)20/h2-7,10-11,22,24H,8-9,12H2,1H3,(H,21,23). The fraction of sp³-hybridized carbons (Fsp3) is 0.250. The second kappa shape index (κ2) is 5.93. The molecule has 1 aliphatic rings. The fourth-order valence-electron chi connectivity index (χ4n) is 3.53. The van der Waals surface area contributed by atoms with E-state index in [0.29, 0.717) is 12.1 Å². The largest absolute Gasteiger partial charge is 0.497 e. The number of ether oxygens (including phenoxy) is 1. The molecular weight excluding hydrogens is 316 g/mol. The number of aryl methyl sites for hydroxylation is 1. The molecule has 0 fully saturated rings. The second-order valence-electron chi connectivity index (χ2n) is 6.51. The molecule has 1 amide bonds. The lowest BCUT2D eigenvalue weighted by Gasteiger charge is -2.24. The number of carbonyl (C=O) groups is 1. The molecule has 1 unspecified atom stereocenters. The zero-order valence-electron chi connectivity index (χ0n) is 14.0. The van der Waals surface area contributed by atoms with Gasteiger partial charge in [-0.05, 0) is 42.2 Å². The third-order valence-electron chi connectivity index (χ3n) is 4.94. The van der Waals surface area contributed by atoms with Crippen LogP contribution in [0.15, 0.2) is 48.5 Å². The number of aromatic amines is 1. The molecule has 5 heteroatoms. The van der Waals surface area contributed by atoms with Gasteiger partial charge in [0.05, 0.1) is 13.7 Å². The lowest BCUT2D eigenvalue weighted by Crippen LogP contribution is -2.39. The van der Waals surface area contributed by atoms with Crippen LogP contribution in [0.1, 0.15) is 28.0 Å². The highest BCUT2D eigenvalue weighted by molar-refractivity contribution is 5.98. The third-order valence-corrected chi connectivity index (χ3v) is 4.94. The first-order valence-electron chi connectivity index (χ1n) is 8.35. The predicted octanol–water partition coefficient (Wildman–Crippen LogP) is 2.74. The highest BCUT2D eigenvalue weighted by Crippen LogP contribution is 2.36. The number of hydrogen-bond donors (Lipinski definition) is 3. The van der Waals surface area contributed by atoms with Crippen LogP contribution in [-0.4, -0.2) is 29.7 Å². The monoisotopic (exact) mass is 336 g/mol. The van der Waals surface area contributed by atoms with Crippen molar-refractivity contribution in [2.75, 3.05) is 13.7 Å². The van der Waals surface area contributed by atoms with Gasteiger partial charge in [-0.25, -0.2) is 0 Å². The van der Waals surface area contributed by atoms with E-state index in [1.165, 1.54) is 0 Å². The number of hydrogen-bond acceptors (Lipinski definition) is 3. The molecule has 0 saturated carbocycles. The van der Waals surface area contributed by atoms with Crippen molar-refractivity contribution in [1.29, 1.82) is 0 Å². The van der Waals surface area contributed by atoms with E-state index >= 15 is 0 Å². The van der Waals surface area contributed by atoms with Gasteiger partial charge in [-0.15, -0.1) is 0 Å². The van der Waals surface area contributed by atoms with Gasteiger partial charge in [-0.3, -0.25) is 4.79 Å². The van der Waals surface area contributed by atoms with Crippen LogP contribution in [0.25, 0.3) is 10.9 Å². The van der Waals surface area contributed by atoms with Crippen molar-refractivity contribution >= 4 is 16.8 Å². The van der Waals surface area contributed by atoms with Gasteiger partial charge in [0.15, 0.2) is 0 Å². The van der Waals surface area contributed by atoms with E-state index in [2.05, 4.69) is 10.3 Å². The highest BCUT2D eigenvalue weighted by Gasteiger charge is 2.36. The molecule has 4 rings (SSSR count). The summed E-state index contributed by atoms with van der Waals surface area (Å²) in [6.07, 6.45) is 1.45. The minimum Gasteiger partial charge on any atom is -0.497 e. The summed E-state index contributed by atoms with van der Waals surface area (Å²) in [5, 5.41) is 14.7. The first-order chi connectivity index (χ1) is 12.1. The van der Waals surface area contributed by atoms with Gasteiger partial charge in [-0.1, -0.05) is 24.3 Å². The highest BCUT2D eigenvalue weighted by atomic mass is 16.5. The molecule has 1 atom stereocenters. The van der Waals surface area contributed by atoms with Crippen LogP contribution in [0.5, 0.6) is 5.75 Å². The van der Waals surface area contributed by atoms with E-state index in [0.717, 1.165) is 34.2 Å². The maximum absolute atomic E-state index is 12.5. The molecule has 0 saturated heterocycles. The Labute approximate surface area is 145 Å². The molecule has 0 spiro atoms. The molecule has 0 radical (unpaired) electrons. The van der Waals surface area contributed by atoms with Crippen molar-refractivity contribution in [3.05, 3.63) is 65.4 Å². The van der Waals surface area contributed by atoms with Crippen LogP contribution in [0.3, 0.4) is 0 Å². The lowest BCUT2D eigenvalue weighted by molar-refractivity contribution is 0.0369. The zero-order chi connectivity index (χ0) is 17.4. The first kappa shape index (κ1) is 15.7. The van der Waals surface area contributed by atoms with Gasteiger partial charge < -0.3 is 20.1 Å². The van der Waals surface area contributed by atoms with Gasteiger partial charge >= 0.3 is 0 Å². The number of aliphatic hydroxyl groups is 1. The quantitative estimate of drug-likeness (QED) is 0.686. The molecule has 1 aliphatic carbocycles. The second-order valence-corrected chi connectivity index (χ2v) is 6.51. The Morgan fingerprint density at radius 1 is 1.28 bits per heavy atom.